The van der Waals surface area contributed by atoms with E-state index in [-0.39, 0.29) is 22.2 Å². The molecule has 0 unspecified atom stereocenters. The lowest BCUT2D eigenvalue weighted by molar-refractivity contribution is -0.121. The predicted molar refractivity (Wildman–Crippen MR) is 111 cm³/mol. The van der Waals surface area contributed by atoms with Crippen molar-refractivity contribution in [1.29, 1.82) is 0 Å². The Balaban J connectivity index is 1.76. The third-order valence-electron chi connectivity index (χ3n) is 3.90. The van der Waals surface area contributed by atoms with Crippen molar-refractivity contribution >= 4 is 44.5 Å². The maximum Gasteiger partial charge on any atom is 0.267 e. The molecule has 0 saturated heterocycles. The van der Waals surface area contributed by atoms with Gasteiger partial charge in [0.05, 0.1) is 11.9 Å². The minimum Gasteiger partial charge on any atom is -0.358 e. The van der Waals surface area contributed by atoms with Crippen molar-refractivity contribution in [2.24, 2.45) is 0 Å². The largest absolute Gasteiger partial charge is 0.358 e. The van der Waals surface area contributed by atoms with Crippen LogP contribution in [0, 0.1) is 6.92 Å². The summed E-state index contributed by atoms with van der Waals surface area (Å²) in [5, 5.41) is 10.6. The summed E-state index contributed by atoms with van der Waals surface area (Å²) >= 11 is 1.02. The number of nitrogens with one attached hydrogen (secondary N) is 3. The van der Waals surface area contributed by atoms with Gasteiger partial charge in [0.1, 0.15) is 16.3 Å². The normalized spacial score (nSPS) is 11.1. The zero-order valence-corrected chi connectivity index (χ0v) is 17.3. The summed E-state index contributed by atoms with van der Waals surface area (Å²) in [5.41, 5.74) is 1.76. The van der Waals surface area contributed by atoms with E-state index in [9.17, 15) is 18.0 Å². The van der Waals surface area contributed by atoms with Crippen LogP contribution in [0.5, 0.6) is 0 Å². The summed E-state index contributed by atoms with van der Waals surface area (Å²) in [6, 6.07) is 8.26. The Morgan fingerprint density at radius 2 is 1.86 bits per heavy atom. The first kappa shape index (κ1) is 20.6. The number of thiophene rings is 1. The number of aromatic nitrogens is 2. The first-order valence-corrected chi connectivity index (χ1v) is 10.9. The van der Waals surface area contributed by atoms with Crippen LogP contribution in [0.25, 0.3) is 0 Å². The summed E-state index contributed by atoms with van der Waals surface area (Å²) in [6.07, 6.45) is 2.87. The van der Waals surface area contributed by atoms with E-state index in [1.807, 2.05) is 6.92 Å². The van der Waals surface area contributed by atoms with Crippen molar-refractivity contribution in [2.75, 3.05) is 17.1 Å². The second-order valence-electron chi connectivity index (χ2n) is 6.14. The van der Waals surface area contributed by atoms with E-state index in [0.29, 0.717) is 11.4 Å². The number of nitrogens with zero attached hydrogens (tertiary/aromatic N) is 2. The van der Waals surface area contributed by atoms with Crippen LogP contribution in [0.3, 0.4) is 0 Å². The molecule has 3 N–H and O–H groups in total. The third kappa shape index (κ3) is 5.00. The highest BCUT2D eigenvalue weighted by atomic mass is 32.2. The molecule has 152 valence electrons. The highest BCUT2D eigenvalue weighted by Gasteiger charge is 2.24. The van der Waals surface area contributed by atoms with Crippen LogP contribution in [0.2, 0.25) is 0 Å². The second kappa shape index (κ2) is 8.45. The van der Waals surface area contributed by atoms with Crippen molar-refractivity contribution in [1.82, 2.24) is 15.1 Å². The van der Waals surface area contributed by atoms with Gasteiger partial charge in [-0.05, 0) is 30.5 Å². The van der Waals surface area contributed by atoms with E-state index in [1.165, 1.54) is 35.6 Å². The lowest BCUT2D eigenvalue weighted by Crippen LogP contribution is -2.23. The SMILES string of the molecule is CNC(=O)Cn1cc(NC(=O)c2sccc2S(=O)(=O)Nc2ccc(C)cc2)cn1. The fourth-order valence-corrected chi connectivity index (χ4v) is 4.82. The number of hydrogen-bond donors (Lipinski definition) is 3. The number of benzene rings is 1. The van der Waals surface area contributed by atoms with E-state index in [4.69, 9.17) is 0 Å². The number of carbonyl (C=O) groups is 2. The molecule has 0 aliphatic rings. The van der Waals surface area contributed by atoms with Crippen LogP contribution >= 0.6 is 11.3 Å². The van der Waals surface area contributed by atoms with Gasteiger partial charge >= 0.3 is 0 Å². The molecule has 0 aliphatic carbocycles. The van der Waals surface area contributed by atoms with Gasteiger partial charge in [-0.25, -0.2) is 8.42 Å². The van der Waals surface area contributed by atoms with Crippen molar-refractivity contribution in [3.63, 3.8) is 0 Å². The monoisotopic (exact) mass is 433 g/mol. The number of rotatable bonds is 7. The molecule has 0 aliphatic heterocycles. The van der Waals surface area contributed by atoms with Gasteiger partial charge in [0.25, 0.3) is 15.9 Å². The van der Waals surface area contributed by atoms with E-state index in [0.717, 1.165) is 16.9 Å². The molecule has 0 fully saturated rings. The molecule has 3 rings (SSSR count). The zero-order chi connectivity index (χ0) is 21.0. The number of sulfonamides is 1. The van der Waals surface area contributed by atoms with Crippen LogP contribution in [0.15, 0.2) is 53.0 Å². The molecule has 2 heterocycles. The van der Waals surface area contributed by atoms with E-state index in [2.05, 4.69) is 20.5 Å². The summed E-state index contributed by atoms with van der Waals surface area (Å²) in [4.78, 5) is 23.9. The molecule has 0 saturated carbocycles. The average molecular weight is 434 g/mol. The molecule has 0 bridgehead atoms. The topological polar surface area (TPSA) is 122 Å². The zero-order valence-electron chi connectivity index (χ0n) is 15.7. The number of anilines is 2. The fraction of sp³-hybridized carbons (Fsp3) is 0.167. The Bertz CT molecular complexity index is 1130. The maximum absolute atomic E-state index is 12.7. The maximum atomic E-state index is 12.7. The van der Waals surface area contributed by atoms with E-state index in [1.54, 1.807) is 24.3 Å². The number of hydrogen-bond acceptors (Lipinski definition) is 6. The van der Waals surface area contributed by atoms with Crippen molar-refractivity contribution in [3.8, 4) is 0 Å². The number of likely N-dealkylation sites (N-methyl/N-ethyl adjacent to an activating group) is 1. The molecule has 9 nitrogen and oxygen atoms in total. The Morgan fingerprint density at radius 3 is 2.55 bits per heavy atom. The molecule has 3 aromatic rings. The minimum atomic E-state index is -3.94. The second-order valence-corrected chi connectivity index (χ2v) is 8.71. The Labute approximate surface area is 171 Å². The van der Waals surface area contributed by atoms with Gasteiger partial charge in [-0.3, -0.25) is 19.0 Å². The summed E-state index contributed by atoms with van der Waals surface area (Å²) in [5.74, 6) is -0.816. The average Bonchev–Trinajstić information content (AvgIpc) is 3.33. The lowest BCUT2D eigenvalue weighted by Gasteiger charge is -2.09. The molecule has 2 amide bonds. The Kier molecular flexibility index (Phi) is 5.99. The van der Waals surface area contributed by atoms with E-state index >= 15 is 0 Å². The highest BCUT2D eigenvalue weighted by molar-refractivity contribution is 7.93. The van der Waals surface area contributed by atoms with Crippen molar-refractivity contribution < 1.29 is 18.0 Å². The van der Waals surface area contributed by atoms with Gasteiger partial charge < -0.3 is 10.6 Å². The van der Waals surface area contributed by atoms with Gasteiger partial charge in [0.2, 0.25) is 5.91 Å². The third-order valence-corrected chi connectivity index (χ3v) is 6.37. The van der Waals surface area contributed by atoms with Crippen LogP contribution < -0.4 is 15.4 Å². The fourth-order valence-electron chi connectivity index (χ4n) is 2.44. The van der Waals surface area contributed by atoms with E-state index < -0.39 is 15.9 Å². The molecule has 29 heavy (non-hydrogen) atoms. The van der Waals surface area contributed by atoms with Crippen molar-refractivity contribution in [2.45, 2.75) is 18.4 Å². The van der Waals surface area contributed by atoms with Gasteiger partial charge in [0, 0.05) is 18.9 Å². The smallest absolute Gasteiger partial charge is 0.267 e. The number of amides is 2. The molecule has 0 atom stereocenters. The first-order valence-electron chi connectivity index (χ1n) is 8.50. The van der Waals surface area contributed by atoms with Gasteiger partial charge in [0.15, 0.2) is 0 Å². The van der Waals surface area contributed by atoms with Gasteiger partial charge in [-0.2, -0.15) is 5.10 Å². The Morgan fingerprint density at radius 1 is 1.14 bits per heavy atom. The molecular formula is C18H19N5O4S2. The number of carbonyl (C=O) groups excluding carboxylic acids is 2. The Hall–Kier alpha value is -3.18. The lowest BCUT2D eigenvalue weighted by atomic mass is 10.2. The highest BCUT2D eigenvalue weighted by Crippen LogP contribution is 2.25. The standard InChI is InChI=1S/C18H19N5O4S2/c1-12-3-5-13(6-4-12)22-29(26,27)15-7-8-28-17(15)18(25)21-14-9-20-23(10-14)11-16(24)19-2/h3-10,22H,11H2,1-2H3,(H,19,24)(H,21,25). The molecule has 11 heteroatoms. The molecular weight excluding hydrogens is 414 g/mol. The van der Waals surface area contributed by atoms with Gasteiger partial charge in [-0.1, -0.05) is 17.7 Å². The number of aryl methyl sites for hydroxylation is 1. The quantitative estimate of drug-likeness (QED) is 0.526. The van der Waals surface area contributed by atoms with Crippen LogP contribution in [-0.2, 0) is 21.4 Å². The van der Waals surface area contributed by atoms with Crippen molar-refractivity contribution in [3.05, 3.63) is 58.5 Å². The van der Waals surface area contributed by atoms with Crippen LogP contribution in [0.1, 0.15) is 15.2 Å². The molecule has 2 aromatic heterocycles. The first-order chi connectivity index (χ1) is 13.8. The molecule has 0 radical (unpaired) electrons. The van der Waals surface area contributed by atoms with Crippen LogP contribution in [-0.4, -0.2) is 37.1 Å². The molecule has 0 spiro atoms. The summed E-state index contributed by atoms with van der Waals surface area (Å²) < 4.78 is 29.3. The summed E-state index contributed by atoms with van der Waals surface area (Å²) in [7, 11) is -2.43. The predicted octanol–water partition coefficient (Wildman–Crippen LogP) is 2.05. The molecule has 1 aromatic carbocycles. The van der Waals surface area contributed by atoms with Crippen LogP contribution in [0.4, 0.5) is 11.4 Å². The minimum absolute atomic E-state index is 0.00543. The van der Waals surface area contributed by atoms with Gasteiger partial charge in [-0.15, -0.1) is 11.3 Å². The summed E-state index contributed by atoms with van der Waals surface area (Å²) in [6.45, 7) is 1.90.